The molecule has 1 aromatic heterocycles. The molecule has 0 spiro atoms. The van der Waals surface area contributed by atoms with Gasteiger partial charge < -0.3 is 15.3 Å². The van der Waals surface area contributed by atoms with E-state index in [-0.39, 0.29) is 17.5 Å². The summed E-state index contributed by atoms with van der Waals surface area (Å²) in [6, 6.07) is 3.37. The number of pyridine rings is 1. The van der Waals surface area contributed by atoms with Crippen molar-refractivity contribution in [3.63, 3.8) is 0 Å². The number of hydrogen-bond donors (Lipinski definition) is 2. The summed E-state index contributed by atoms with van der Waals surface area (Å²) in [5.41, 5.74) is 0.959. The minimum atomic E-state index is -0.940. The highest BCUT2D eigenvalue weighted by atomic mass is 16.4. The molecule has 20 heavy (non-hydrogen) atoms. The van der Waals surface area contributed by atoms with E-state index in [1.807, 2.05) is 0 Å². The lowest BCUT2D eigenvalue weighted by molar-refractivity contribution is -0.119. The molecule has 2 rings (SSSR count). The summed E-state index contributed by atoms with van der Waals surface area (Å²) in [4.78, 5) is 28.6. The number of aromatic carboxylic acids is 1. The third-order valence-corrected chi connectivity index (χ3v) is 3.41. The zero-order chi connectivity index (χ0) is 14.7. The monoisotopic (exact) mass is 277 g/mol. The van der Waals surface area contributed by atoms with Crippen LogP contribution in [0.3, 0.4) is 0 Å². The minimum absolute atomic E-state index is 0.00899. The van der Waals surface area contributed by atoms with Gasteiger partial charge in [-0.05, 0) is 31.9 Å². The Morgan fingerprint density at radius 3 is 2.55 bits per heavy atom. The van der Waals surface area contributed by atoms with E-state index in [9.17, 15) is 9.59 Å². The van der Waals surface area contributed by atoms with Gasteiger partial charge in [-0.25, -0.2) is 9.78 Å². The Balaban J connectivity index is 2.07. The summed E-state index contributed by atoms with van der Waals surface area (Å²) in [6.07, 6.45) is 1.69. The number of aryl methyl sites for hydroxylation is 1. The van der Waals surface area contributed by atoms with Gasteiger partial charge in [-0.1, -0.05) is 0 Å². The van der Waals surface area contributed by atoms with Crippen LogP contribution in [0.4, 0.5) is 5.82 Å². The molecule has 108 valence electrons. The van der Waals surface area contributed by atoms with Crippen LogP contribution in [-0.4, -0.2) is 41.1 Å². The fourth-order valence-corrected chi connectivity index (χ4v) is 2.48. The van der Waals surface area contributed by atoms with Crippen LogP contribution in [-0.2, 0) is 4.79 Å². The van der Waals surface area contributed by atoms with Crippen molar-refractivity contribution < 1.29 is 14.7 Å². The van der Waals surface area contributed by atoms with Crippen molar-refractivity contribution in [2.75, 3.05) is 18.0 Å². The number of carboxylic acids is 1. The minimum Gasteiger partial charge on any atom is -0.478 e. The quantitative estimate of drug-likeness (QED) is 0.867. The Kier molecular flexibility index (Phi) is 4.22. The largest absolute Gasteiger partial charge is 0.478 e. The number of amides is 1. The van der Waals surface area contributed by atoms with Crippen LogP contribution >= 0.6 is 0 Å². The van der Waals surface area contributed by atoms with Crippen molar-refractivity contribution in [3.05, 3.63) is 23.4 Å². The molecule has 0 aromatic carbocycles. The lowest BCUT2D eigenvalue weighted by atomic mass is 10.0. The maximum absolute atomic E-state index is 11.1. The second kappa shape index (κ2) is 5.90. The highest BCUT2D eigenvalue weighted by Gasteiger charge is 2.21. The van der Waals surface area contributed by atoms with Crippen LogP contribution < -0.4 is 10.2 Å². The fourth-order valence-electron chi connectivity index (χ4n) is 2.48. The molecule has 0 atom stereocenters. The van der Waals surface area contributed by atoms with Crippen LogP contribution in [0.15, 0.2) is 12.1 Å². The average molecular weight is 277 g/mol. The maximum Gasteiger partial charge on any atom is 0.335 e. The molecule has 1 aromatic rings. The van der Waals surface area contributed by atoms with E-state index in [1.54, 1.807) is 19.1 Å². The lowest BCUT2D eigenvalue weighted by Gasteiger charge is -2.33. The summed E-state index contributed by atoms with van der Waals surface area (Å²) in [5.74, 6) is -0.251. The topological polar surface area (TPSA) is 82.5 Å². The molecule has 6 nitrogen and oxygen atoms in total. The molecule has 1 aliphatic rings. The number of nitrogens with one attached hydrogen (secondary N) is 1. The Morgan fingerprint density at radius 1 is 1.35 bits per heavy atom. The van der Waals surface area contributed by atoms with Gasteiger partial charge in [0.05, 0.1) is 5.56 Å². The van der Waals surface area contributed by atoms with Crippen molar-refractivity contribution in [2.45, 2.75) is 32.7 Å². The molecule has 1 fully saturated rings. The molecule has 0 aliphatic carbocycles. The van der Waals surface area contributed by atoms with Crippen LogP contribution in [0.25, 0.3) is 0 Å². The lowest BCUT2D eigenvalue weighted by Crippen LogP contribution is -2.44. The molecule has 0 saturated carbocycles. The van der Waals surface area contributed by atoms with Gasteiger partial charge in [-0.3, -0.25) is 4.79 Å². The zero-order valence-electron chi connectivity index (χ0n) is 11.7. The van der Waals surface area contributed by atoms with Gasteiger partial charge in [0, 0.05) is 31.7 Å². The van der Waals surface area contributed by atoms with E-state index in [2.05, 4.69) is 15.2 Å². The SMILES string of the molecule is CC(=O)NC1CCN(c2cc(C(=O)O)cc(C)n2)CC1. The number of nitrogens with zero attached hydrogens (tertiary/aromatic N) is 2. The van der Waals surface area contributed by atoms with Crippen molar-refractivity contribution in [1.82, 2.24) is 10.3 Å². The Bertz CT molecular complexity index is 522. The van der Waals surface area contributed by atoms with E-state index < -0.39 is 5.97 Å². The second-order valence-electron chi connectivity index (χ2n) is 5.12. The molecule has 2 heterocycles. The van der Waals surface area contributed by atoms with E-state index in [4.69, 9.17) is 5.11 Å². The first-order valence-electron chi connectivity index (χ1n) is 6.70. The van der Waals surface area contributed by atoms with Gasteiger partial charge in [0.2, 0.25) is 5.91 Å². The van der Waals surface area contributed by atoms with Crippen LogP contribution in [0.2, 0.25) is 0 Å². The third kappa shape index (κ3) is 3.46. The Hall–Kier alpha value is -2.11. The molecular weight excluding hydrogens is 258 g/mol. The van der Waals surface area contributed by atoms with E-state index >= 15 is 0 Å². The number of carbonyl (C=O) groups is 2. The first-order valence-corrected chi connectivity index (χ1v) is 6.70. The normalized spacial score (nSPS) is 16.0. The average Bonchev–Trinajstić information content (AvgIpc) is 2.38. The molecule has 1 aliphatic heterocycles. The van der Waals surface area contributed by atoms with Crippen molar-refractivity contribution >= 4 is 17.7 Å². The molecule has 2 N–H and O–H groups in total. The molecular formula is C14H19N3O3. The number of piperidine rings is 1. The highest BCUT2D eigenvalue weighted by molar-refractivity contribution is 5.88. The Labute approximate surface area is 117 Å². The van der Waals surface area contributed by atoms with Crippen LogP contribution in [0.5, 0.6) is 0 Å². The predicted molar refractivity (Wildman–Crippen MR) is 75.0 cm³/mol. The summed E-state index contributed by atoms with van der Waals surface area (Å²) in [6.45, 7) is 4.84. The maximum atomic E-state index is 11.1. The first kappa shape index (κ1) is 14.3. The number of rotatable bonds is 3. The van der Waals surface area contributed by atoms with Crippen LogP contribution in [0.1, 0.15) is 35.8 Å². The molecule has 0 unspecified atom stereocenters. The summed E-state index contributed by atoms with van der Waals surface area (Å²) >= 11 is 0. The molecule has 1 amide bonds. The molecule has 6 heteroatoms. The van der Waals surface area contributed by atoms with Gasteiger partial charge in [0.15, 0.2) is 0 Å². The van der Waals surface area contributed by atoms with E-state index in [0.29, 0.717) is 11.5 Å². The molecule has 0 radical (unpaired) electrons. The second-order valence-corrected chi connectivity index (χ2v) is 5.12. The van der Waals surface area contributed by atoms with Crippen molar-refractivity contribution in [2.24, 2.45) is 0 Å². The van der Waals surface area contributed by atoms with Gasteiger partial charge >= 0.3 is 5.97 Å². The standard InChI is InChI=1S/C14H19N3O3/c1-9-7-11(14(19)20)8-13(15-9)17-5-3-12(4-6-17)16-10(2)18/h7-8,12H,3-6H2,1-2H3,(H,16,18)(H,19,20). The number of carbonyl (C=O) groups excluding carboxylic acids is 1. The number of anilines is 1. The first-order chi connectivity index (χ1) is 9.45. The Morgan fingerprint density at radius 2 is 2.00 bits per heavy atom. The zero-order valence-corrected chi connectivity index (χ0v) is 11.7. The number of aromatic nitrogens is 1. The van der Waals surface area contributed by atoms with Gasteiger partial charge in [0.25, 0.3) is 0 Å². The van der Waals surface area contributed by atoms with Crippen LogP contribution in [0, 0.1) is 6.92 Å². The van der Waals surface area contributed by atoms with Gasteiger partial charge in [0.1, 0.15) is 5.82 Å². The van der Waals surface area contributed by atoms with Crippen molar-refractivity contribution in [3.8, 4) is 0 Å². The van der Waals surface area contributed by atoms with E-state index in [0.717, 1.165) is 25.9 Å². The summed E-state index contributed by atoms with van der Waals surface area (Å²) in [7, 11) is 0. The molecule has 1 saturated heterocycles. The molecule has 0 bridgehead atoms. The summed E-state index contributed by atoms with van der Waals surface area (Å²) in [5, 5.41) is 12.0. The third-order valence-electron chi connectivity index (χ3n) is 3.41. The highest BCUT2D eigenvalue weighted by Crippen LogP contribution is 2.20. The smallest absolute Gasteiger partial charge is 0.335 e. The predicted octanol–water partition coefficient (Wildman–Crippen LogP) is 1.19. The van der Waals surface area contributed by atoms with Crippen molar-refractivity contribution in [1.29, 1.82) is 0 Å². The number of carboxylic acid groups (broad SMARTS) is 1. The van der Waals surface area contributed by atoms with Gasteiger partial charge in [-0.15, -0.1) is 0 Å². The summed E-state index contributed by atoms with van der Waals surface area (Å²) < 4.78 is 0. The number of hydrogen-bond acceptors (Lipinski definition) is 4. The van der Waals surface area contributed by atoms with Gasteiger partial charge in [-0.2, -0.15) is 0 Å². The van der Waals surface area contributed by atoms with E-state index in [1.165, 1.54) is 6.92 Å². The fraction of sp³-hybridized carbons (Fsp3) is 0.500.